The molecule has 3 rings (SSSR count). The predicted molar refractivity (Wildman–Crippen MR) is 107 cm³/mol. The van der Waals surface area contributed by atoms with Gasteiger partial charge in [-0.2, -0.15) is 0 Å². The van der Waals surface area contributed by atoms with Gasteiger partial charge in [0.25, 0.3) is 5.91 Å². The Balaban J connectivity index is 1.55. The zero-order valence-corrected chi connectivity index (χ0v) is 16.5. The predicted octanol–water partition coefficient (Wildman–Crippen LogP) is 1.89. The van der Waals surface area contributed by atoms with Gasteiger partial charge in [0.05, 0.1) is 0 Å². The number of carbonyl (C=O) groups excluding carboxylic acids is 1. The summed E-state index contributed by atoms with van der Waals surface area (Å²) in [7, 11) is 3.94. The Morgan fingerprint density at radius 2 is 1.85 bits per heavy atom. The number of piperazine rings is 1. The van der Waals surface area contributed by atoms with Crippen molar-refractivity contribution in [2.24, 2.45) is 0 Å². The van der Waals surface area contributed by atoms with Crippen molar-refractivity contribution in [2.75, 3.05) is 56.7 Å². The molecule has 1 aliphatic heterocycles. The second-order valence-corrected chi connectivity index (χ2v) is 7.00. The van der Waals surface area contributed by atoms with Crippen LogP contribution in [0, 0.1) is 13.8 Å². The molecule has 144 valence electrons. The van der Waals surface area contributed by atoms with E-state index in [2.05, 4.69) is 14.9 Å². The van der Waals surface area contributed by atoms with Crippen LogP contribution in [0.3, 0.4) is 0 Å². The minimum atomic E-state index is 0.0176. The fourth-order valence-corrected chi connectivity index (χ4v) is 3.05. The fourth-order valence-electron chi connectivity index (χ4n) is 3.05. The first-order valence-corrected chi connectivity index (χ1v) is 9.17. The lowest BCUT2D eigenvalue weighted by Crippen LogP contribution is -2.50. The number of aromatic nitrogens is 2. The van der Waals surface area contributed by atoms with Crippen LogP contribution in [-0.2, 0) is 4.79 Å². The Kier molecular flexibility index (Phi) is 5.78. The maximum absolute atomic E-state index is 12.4. The summed E-state index contributed by atoms with van der Waals surface area (Å²) in [5.41, 5.74) is 1.12. The van der Waals surface area contributed by atoms with E-state index in [9.17, 15) is 4.79 Å². The molecule has 0 spiro atoms. The highest BCUT2D eigenvalue weighted by Gasteiger charge is 2.23. The van der Waals surface area contributed by atoms with Crippen molar-refractivity contribution in [3.05, 3.63) is 41.7 Å². The van der Waals surface area contributed by atoms with Crippen molar-refractivity contribution in [1.29, 1.82) is 0 Å². The molecule has 1 aromatic carbocycles. The molecule has 7 nitrogen and oxygen atoms in total. The van der Waals surface area contributed by atoms with E-state index in [4.69, 9.17) is 4.74 Å². The number of nitrogens with zero attached hydrogens (tertiary/aromatic N) is 5. The van der Waals surface area contributed by atoms with Crippen LogP contribution in [0.4, 0.5) is 11.6 Å². The lowest BCUT2D eigenvalue weighted by atomic mass is 10.2. The minimum absolute atomic E-state index is 0.0176. The third-order valence-electron chi connectivity index (χ3n) is 4.58. The summed E-state index contributed by atoms with van der Waals surface area (Å²) in [5, 5.41) is 0. The van der Waals surface area contributed by atoms with E-state index >= 15 is 0 Å². The number of hydrogen-bond acceptors (Lipinski definition) is 6. The standard InChI is InChI=1S/C20H27N5O2/c1-15-6-5-7-17(12-15)27-14-20(26)25-10-8-24(9-11-25)19-13-18(23(3)4)21-16(2)22-19/h5-7,12-13H,8-11,14H2,1-4H3. The molecule has 2 heterocycles. The van der Waals surface area contributed by atoms with Crippen LogP contribution in [0.2, 0.25) is 0 Å². The van der Waals surface area contributed by atoms with E-state index in [1.165, 1.54) is 0 Å². The Morgan fingerprint density at radius 3 is 2.52 bits per heavy atom. The highest BCUT2D eigenvalue weighted by Crippen LogP contribution is 2.19. The molecule has 0 N–H and O–H groups in total. The van der Waals surface area contributed by atoms with E-state index < -0.39 is 0 Å². The molecule has 1 amide bonds. The number of ether oxygens (including phenoxy) is 1. The normalized spacial score (nSPS) is 14.2. The zero-order chi connectivity index (χ0) is 19.4. The van der Waals surface area contributed by atoms with Crippen molar-refractivity contribution in [3.8, 4) is 5.75 Å². The van der Waals surface area contributed by atoms with Crippen molar-refractivity contribution in [2.45, 2.75) is 13.8 Å². The van der Waals surface area contributed by atoms with Gasteiger partial charge < -0.3 is 19.4 Å². The highest BCUT2D eigenvalue weighted by molar-refractivity contribution is 5.78. The summed E-state index contributed by atoms with van der Waals surface area (Å²) in [6.07, 6.45) is 0. The number of hydrogen-bond donors (Lipinski definition) is 0. The fraction of sp³-hybridized carbons (Fsp3) is 0.450. The first-order chi connectivity index (χ1) is 12.9. The summed E-state index contributed by atoms with van der Waals surface area (Å²) >= 11 is 0. The molecular weight excluding hydrogens is 342 g/mol. The van der Waals surface area contributed by atoms with Crippen LogP contribution in [0.5, 0.6) is 5.75 Å². The number of benzene rings is 1. The molecule has 7 heteroatoms. The molecule has 0 radical (unpaired) electrons. The van der Waals surface area contributed by atoms with Gasteiger partial charge in [0.15, 0.2) is 6.61 Å². The van der Waals surface area contributed by atoms with Gasteiger partial charge >= 0.3 is 0 Å². The summed E-state index contributed by atoms with van der Waals surface area (Å²) < 4.78 is 5.64. The lowest BCUT2D eigenvalue weighted by molar-refractivity contribution is -0.133. The molecule has 0 bridgehead atoms. The molecule has 0 atom stereocenters. The average molecular weight is 369 g/mol. The summed E-state index contributed by atoms with van der Waals surface area (Å²) in [5.74, 6) is 3.30. The number of amides is 1. The first-order valence-electron chi connectivity index (χ1n) is 9.17. The van der Waals surface area contributed by atoms with Crippen LogP contribution < -0.4 is 14.5 Å². The first kappa shape index (κ1) is 18.9. The third-order valence-corrected chi connectivity index (χ3v) is 4.58. The van der Waals surface area contributed by atoms with E-state index in [0.717, 1.165) is 41.9 Å². The van der Waals surface area contributed by atoms with Gasteiger partial charge in [0.1, 0.15) is 23.2 Å². The van der Waals surface area contributed by atoms with Crippen molar-refractivity contribution in [1.82, 2.24) is 14.9 Å². The van der Waals surface area contributed by atoms with E-state index in [1.807, 2.05) is 68.1 Å². The van der Waals surface area contributed by atoms with Crippen molar-refractivity contribution >= 4 is 17.5 Å². The van der Waals surface area contributed by atoms with Crippen LogP contribution >= 0.6 is 0 Å². The van der Waals surface area contributed by atoms with Crippen molar-refractivity contribution in [3.63, 3.8) is 0 Å². The number of anilines is 2. The summed E-state index contributed by atoms with van der Waals surface area (Å²) in [6, 6.07) is 9.73. The van der Waals surface area contributed by atoms with E-state index in [1.54, 1.807) is 0 Å². The molecule has 0 unspecified atom stereocenters. The largest absolute Gasteiger partial charge is 0.484 e. The molecular formula is C20H27N5O2. The summed E-state index contributed by atoms with van der Waals surface area (Å²) in [6.45, 7) is 6.80. The van der Waals surface area contributed by atoms with Crippen LogP contribution in [0.25, 0.3) is 0 Å². The third kappa shape index (κ3) is 4.87. The molecule has 27 heavy (non-hydrogen) atoms. The monoisotopic (exact) mass is 369 g/mol. The molecule has 1 fully saturated rings. The van der Waals surface area contributed by atoms with Crippen molar-refractivity contribution < 1.29 is 9.53 Å². The average Bonchev–Trinajstić information content (AvgIpc) is 2.66. The van der Waals surface area contributed by atoms with Gasteiger partial charge in [-0.05, 0) is 31.5 Å². The van der Waals surface area contributed by atoms with Crippen LogP contribution in [0.1, 0.15) is 11.4 Å². The second-order valence-electron chi connectivity index (χ2n) is 7.00. The van der Waals surface area contributed by atoms with Crippen LogP contribution in [-0.4, -0.2) is 67.7 Å². The number of rotatable bonds is 5. The van der Waals surface area contributed by atoms with Gasteiger partial charge in [-0.3, -0.25) is 4.79 Å². The smallest absolute Gasteiger partial charge is 0.260 e. The number of carbonyl (C=O) groups is 1. The SMILES string of the molecule is Cc1cccc(OCC(=O)N2CCN(c3cc(N(C)C)nc(C)n3)CC2)c1. The van der Waals surface area contributed by atoms with E-state index in [0.29, 0.717) is 13.1 Å². The molecule has 0 saturated carbocycles. The summed E-state index contributed by atoms with van der Waals surface area (Å²) in [4.78, 5) is 27.5. The van der Waals surface area contributed by atoms with Crippen LogP contribution in [0.15, 0.2) is 30.3 Å². The quantitative estimate of drug-likeness (QED) is 0.802. The van der Waals surface area contributed by atoms with Gasteiger partial charge in [-0.1, -0.05) is 12.1 Å². The Morgan fingerprint density at radius 1 is 1.11 bits per heavy atom. The zero-order valence-electron chi connectivity index (χ0n) is 16.5. The Bertz CT molecular complexity index is 801. The maximum Gasteiger partial charge on any atom is 0.260 e. The molecule has 0 aliphatic carbocycles. The van der Waals surface area contributed by atoms with E-state index in [-0.39, 0.29) is 12.5 Å². The topological polar surface area (TPSA) is 61.8 Å². The van der Waals surface area contributed by atoms with Gasteiger partial charge in [-0.15, -0.1) is 0 Å². The molecule has 1 aliphatic rings. The van der Waals surface area contributed by atoms with Gasteiger partial charge in [0.2, 0.25) is 0 Å². The maximum atomic E-state index is 12.4. The highest BCUT2D eigenvalue weighted by atomic mass is 16.5. The molecule has 1 aromatic heterocycles. The lowest BCUT2D eigenvalue weighted by Gasteiger charge is -2.35. The van der Waals surface area contributed by atoms with Gasteiger partial charge in [0, 0.05) is 46.3 Å². The molecule has 1 saturated heterocycles. The Hall–Kier alpha value is -2.83. The minimum Gasteiger partial charge on any atom is -0.484 e. The molecule has 2 aromatic rings. The second kappa shape index (κ2) is 8.24. The van der Waals surface area contributed by atoms with Gasteiger partial charge in [-0.25, -0.2) is 9.97 Å². The Labute approximate surface area is 160 Å². The number of aryl methyl sites for hydroxylation is 2.